The molecule has 0 spiro atoms. The molecule has 0 rings (SSSR count). The summed E-state index contributed by atoms with van der Waals surface area (Å²) in [6, 6.07) is 0. The lowest BCUT2D eigenvalue weighted by molar-refractivity contribution is -0.137. The summed E-state index contributed by atoms with van der Waals surface area (Å²) in [5, 5.41) is 8.50. The van der Waals surface area contributed by atoms with E-state index in [0.29, 0.717) is 0 Å². The molecule has 0 aromatic heterocycles. The van der Waals surface area contributed by atoms with Crippen LogP contribution in [0, 0.1) is 0 Å². The predicted octanol–water partition coefficient (Wildman–Crippen LogP) is 6.44. The van der Waals surface area contributed by atoms with Gasteiger partial charge in [0.05, 0.1) is 0 Å². The lowest BCUT2D eigenvalue weighted by Gasteiger charge is -1.98. The van der Waals surface area contributed by atoms with Crippen LogP contribution >= 0.6 is 0 Å². The van der Waals surface area contributed by atoms with Crippen LogP contribution in [0.25, 0.3) is 0 Å². The summed E-state index contributed by atoms with van der Waals surface area (Å²) < 4.78 is 0. The second-order valence-electron chi connectivity index (χ2n) is 5.76. The fourth-order valence-corrected chi connectivity index (χ4v) is 2.22. The van der Waals surface area contributed by atoms with E-state index in [2.05, 4.69) is 43.4 Å². The molecule has 0 saturated carbocycles. The molecule has 0 aliphatic carbocycles. The number of carboxylic acid groups (broad SMARTS) is 1. The summed E-state index contributed by atoms with van der Waals surface area (Å²) in [5.41, 5.74) is 0. The van der Waals surface area contributed by atoms with Crippen molar-refractivity contribution in [3.8, 4) is 0 Å². The molecule has 0 unspecified atom stereocenters. The number of rotatable bonds is 15. The van der Waals surface area contributed by atoms with Gasteiger partial charge in [-0.15, -0.1) is 0 Å². The molecule has 0 fully saturated rings. The first kappa shape index (κ1) is 20.7. The van der Waals surface area contributed by atoms with Crippen molar-refractivity contribution in [3.05, 3.63) is 36.5 Å². The predicted molar refractivity (Wildman–Crippen MR) is 96.1 cm³/mol. The summed E-state index contributed by atoms with van der Waals surface area (Å²) >= 11 is 0. The number of carboxylic acids is 1. The second-order valence-corrected chi connectivity index (χ2v) is 5.76. The standard InChI is InChI=1S/C20H34O2/c1-2-3-4-5-6-7-8-9-10-11-12-13-14-15-16-17-18-19-20(21)22/h10-13,15-16H,2-9,14,17-19H2,1H3,(H,21,22)/b11-10+,13-12+,16-15+. The first-order valence-corrected chi connectivity index (χ1v) is 8.95. The molecule has 0 saturated heterocycles. The van der Waals surface area contributed by atoms with Gasteiger partial charge in [-0.2, -0.15) is 0 Å². The molecule has 0 bridgehead atoms. The molecule has 0 aliphatic heterocycles. The molecule has 22 heavy (non-hydrogen) atoms. The van der Waals surface area contributed by atoms with Gasteiger partial charge in [-0.3, -0.25) is 4.79 Å². The fraction of sp³-hybridized carbons (Fsp3) is 0.650. The molecule has 0 radical (unpaired) electrons. The van der Waals surface area contributed by atoms with Crippen LogP contribution in [0.5, 0.6) is 0 Å². The average Bonchev–Trinajstić information content (AvgIpc) is 2.50. The van der Waals surface area contributed by atoms with Crippen molar-refractivity contribution in [2.24, 2.45) is 0 Å². The minimum Gasteiger partial charge on any atom is -0.481 e. The third-order valence-corrected chi connectivity index (χ3v) is 3.56. The van der Waals surface area contributed by atoms with Crippen LogP contribution in [-0.2, 0) is 4.79 Å². The Morgan fingerprint density at radius 1 is 0.773 bits per heavy atom. The minimum atomic E-state index is -0.709. The molecule has 0 aromatic carbocycles. The highest BCUT2D eigenvalue weighted by atomic mass is 16.4. The van der Waals surface area contributed by atoms with Gasteiger partial charge in [-0.05, 0) is 32.1 Å². The highest BCUT2D eigenvalue weighted by Gasteiger charge is 1.92. The third kappa shape index (κ3) is 18.7. The van der Waals surface area contributed by atoms with E-state index in [1.807, 2.05) is 0 Å². The van der Waals surface area contributed by atoms with E-state index in [1.54, 1.807) is 0 Å². The summed E-state index contributed by atoms with van der Waals surface area (Å²) in [4.78, 5) is 10.3. The lowest BCUT2D eigenvalue weighted by atomic mass is 10.1. The molecule has 1 N–H and O–H groups in total. The van der Waals surface area contributed by atoms with Crippen molar-refractivity contribution in [2.45, 2.75) is 84.0 Å². The first-order valence-electron chi connectivity index (χ1n) is 8.95. The number of hydrogen-bond donors (Lipinski definition) is 1. The van der Waals surface area contributed by atoms with Gasteiger partial charge in [0.2, 0.25) is 0 Å². The van der Waals surface area contributed by atoms with Gasteiger partial charge in [0.1, 0.15) is 0 Å². The number of unbranched alkanes of at least 4 members (excludes halogenated alkanes) is 8. The minimum absolute atomic E-state index is 0.265. The Labute approximate surface area is 137 Å². The largest absolute Gasteiger partial charge is 0.481 e. The van der Waals surface area contributed by atoms with Gasteiger partial charge in [0.15, 0.2) is 0 Å². The van der Waals surface area contributed by atoms with Crippen molar-refractivity contribution in [3.63, 3.8) is 0 Å². The highest BCUT2D eigenvalue weighted by molar-refractivity contribution is 5.66. The molecule has 2 heteroatoms. The summed E-state index contributed by atoms with van der Waals surface area (Å²) in [6.45, 7) is 2.26. The van der Waals surface area contributed by atoms with Crippen LogP contribution < -0.4 is 0 Å². The van der Waals surface area contributed by atoms with Crippen LogP contribution in [0.3, 0.4) is 0 Å². The van der Waals surface area contributed by atoms with Crippen LogP contribution in [0.2, 0.25) is 0 Å². The number of hydrogen-bond acceptors (Lipinski definition) is 1. The number of carbonyl (C=O) groups is 1. The van der Waals surface area contributed by atoms with Gasteiger partial charge < -0.3 is 5.11 Å². The molecule has 0 aromatic rings. The van der Waals surface area contributed by atoms with Gasteiger partial charge >= 0.3 is 5.97 Å². The SMILES string of the molecule is CCCCCCCCC/C=C/C=C/C/C=C/CCCC(=O)O. The Balaban J connectivity index is 3.30. The Morgan fingerprint density at radius 3 is 2.14 bits per heavy atom. The summed E-state index contributed by atoms with van der Waals surface area (Å²) in [6.07, 6.45) is 26.3. The van der Waals surface area contributed by atoms with Crippen molar-refractivity contribution in [1.29, 1.82) is 0 Å². The maximum atomic E-state index is 10.3. The van der Waals surface area contributed by atoms with Gasteiger partial charge in [-0.25, -0.2) is 0 Å². The van der Waals surface area contributed by atoms with Gasteiger partial charge in [0, 0.05) is 6.42 Å². The molecular formula is C20H34O2. The topological polar surface area (TPSA) is 37.3 Å². The Bertz CT molecular complexity index is 327. The third-order valence-electron chi connectivity index (χ3n) is 3.56. The van der Waals surface area contributed by atoms with Gasteiger partial charge in [0.25, 0.3) is 0 Å². The lowest BCUT2D eigenvalue weighted by Crippen LogP contribution is -1.92. The summed E-state index contributed by atoms with van der Waals surface area (Å²) in [7, 11) is 0. The zero-order valence-corrected chi connectivity index (χ0v) is 14.3. The first-order chi connectivity index (χ1) is 10.8. The molecule has 0 amide bonds. The highest BCUT2D eigenvalue weighted by Crippen LogP contribution is 2.08. The van der Waals surface area contributed by atoms with Crippen LogP contribution in [0.4, 0.5) is 0 Å². The van der Waals surface area contributed by atoms with E-state index >= 15 is 0 Å². The molecule has 0 heterocycles. The normalized spacial score (nSPS) is 12.0. The van der Waals surface area contributed by atoms with Crippen LogP contribution in [0.1, 0.15) is 84.0 Å². The Morgan fingerprint density at radius 2 is 1.41 bits per heavy atom. The fourth-order valence-electron chi connectivity index (χ4n) is 2.22. The smallest absolute Gasteiger partial charge is 0.303 e. The van der Waals surface area contributed by atoms with E-state index in [4.69, 9.17) is 5.11 Å². The number of aliphatic carboxylic acids is 1. The maximum absolute atomic E-state index is 10.3. The molecule has 2 nitrogen and oxygen atoms in total. The summed E-state index contributed by atoms with van der Waals surface area (Å²) in [5.74, 6) is -0.709. The van der Waals surface area contributed by atoms with Crippen molar-refractivity contribution < 1.29 is 9.90 Å². The van der Waals surface area contributed by atoms with E-state index in [-0.39, 0.29) is 6.42 Å². The average molecular weight is 306 g/mol. The van der Waals surface area contributed by atoms with E-state index in [0.717, 1.165) is 19.3 Å². The zero-order chi connectivity index (χ0) is 16.3. The Hall–Kier alpha value is -1.31. The molecular weight excluding hydrogens is 272 g/mol. The monoisotopic (exact) mass is 306 g/mol. The Kier molecular flexibility index (Phi) is 16.7. The van der Waals surface area contributed by atoms with Crippen molar-refractivity contribution >= 4 is 5.97 Å². The quantitative estimate of drug-likeness (QED) is 0.215. The van der Waals surface area contributed by atoms with Crippen LogP contribution in [0.15, 0.2) is 36.5 Å². The molecule has 0 atom stereocenters. The van der Waals surface area contributed by atoms with E-state index in [1.165, 1.54) is 51.4 Å². The molecule has 0 aliphatic rings. The van der Waals surface area contributed by atoms with Crippen LogP contribution in [-0.4, -0.2) is 11.1 Å². The van der Waals surface area contributed by atoms with Gasteiger partial charge in [-0.1, -0.05) is 81.9 Å². The van der Waals surface area contributed by atoms with Crippen molar-refractivity contribution in [2.75, 3.05) is 0 Å². The molecule has 126 valence electrons. The van der Waals surface area contributed by atoms with E-state index < -0.39 is 5.97 Å². The maximum Gasteiger partial charge on any atom is 0.303 e. The zero-order valence-electron chi connectivity index (χ0n) is 14.3. The van der Waals surface area contributed by atoms with Crippen molar-refractivity contribution in [1.82, 2.24) is 0 Å². The number of allylic oxidation sites excluding steroid dienone is 6. The second kappa shape index (κ2) is 17.7. The van der Waals surface area contributed by atoms with E-state index in [9.17, 15) is 4.79 Å².